The van der Waals surface area contributed by atoms with E-state index in [4.69, 9.17) is 0 Å². The van der Waals surface area contributed by atoms with Crippen LogP contribution in [-0.2, 0) is 14.8 Å². The number of quaternary nitrogens is 1. The molecular weight excluding hydrogens is 392 g/mol. The average Bonchev–Trinajstić information content (AvgIpc) is 2.69. The van der Waals surface area contributed by atoms with Crippen molar-refractivity contribution in [2.75, 3.05) is 57.0 Å². The molecule has 156 valence electrons. The summed E-state index contributed by atoms with van der Waals surface area (Å²) in [5.74, 6) is 0.106. The highest BCUT2D eigenvalue weighted by atomic mass is 32.2. The first kappa shape index (κ1) is 21.1. The van der Waals surface area contributed by atoms with Crippen LogP contribution in [0.2, 0.25) is 0 Å². The highest BCUT2D eigenvalue weighted by Crippen LogP contribution is 2.19. The molecule has 1 fully saturated rings. The quantitative estimate of drug-likeness (QED) is 0.612. The van der Waals surface area contributed by atoms with Crippen molar-refractivity contribution in [2.45, 2.75) is 4.90 Å². The lowest BCUT2D eigenvalue weighted by Crippen LogP contribution is -3.15. The van der Waals surface area contributed by atoms with Crippen LogP contribution in [0.4, 0.5) is 11.4 Å². The number of nitrogens with one attached hydrogen (secondary N) is 2. The highest BCUT2D eigenvalue weighted by molar-refractivity contribution is 7.89. The lowest BCUT2D eigenvalue weighted by Gasteiger charge is -2.33. The van der Waals surface area contributed by atoms with Gasteiger partial charge in [0.25, 0.3) is 5.91 Å². The van der Waals surface area contributed by atoms with Gasteiger partial charge in [0.15, 0.2) is 6.54 Å². The van der Waals surface area contributed by atoms with Crippen molar-refractivity contribution < 1.29 is 23.2 Å². The van der Waals surface area contributed by atoms with Crippen LogP contribution in [0, 0.1) is 0 Å². The summed E-state index contributed by atoms with van der Waals surface area (Å²) < 4.78 is 25.6. The van der Waals surface area contributed by atoms with E-state index >= 15 is 0 Å². The smallest absolute Gasteiger partial charge is 0.279 e. The molecule has 1 aliphatic heterocycles. The third kappa shape index (κ3) is 5.26. The summed E-state index contributed by atoms with van der Waals surface area (Å²) in [5.41, 5.74) is 1.53. The van der Waals surface area contributed by atoms with Gasteiger partial charge >= 0.3 is 0 Å². The Morgan fingerprint density at radius 3 is 2.41 bits per heavy atom. The fourth-order valence-electron chi connectivity index (χ4n) is 3.30. The van der Waals surface area contributed by atoms with Crippen LogP contribution in [-0.4, -0.2) is 70.6 Å². The first-order valence-electron chi connectivity index (χ1n) is 9.46. The second-order valence-corrected chi connectivity index (χ2v) is 9.45. The van der Waals surface area contributed by atoms with Crippen molar-refractivity contribution in [1.29, 1.82) is 0 Å². The first-order chi connectivity index (χ1) is 13.8. The van der Waals surface area contributed by atoms with E-state index in [1.54, 1.807) is 24.3 Å². The minimum atomic E-state index is -3.54. The Kier molecular flexibility index (Phi) is 6.41. The molecule has 0 saturated carbocycles. The monoisotopic (exact) mass is 419 g/mol. The average molecular weight is 420 g/mol. The number of carbonyl (C=O) groups excluding carboxylic acids is 1. The van der Waals surface area contributed by atoms with E-state index < -0.39 is 10.0 Å². The predicted molar refractivity (Wildman–Crippen MR) is 112 cm³/mol. The van der Waals surface area contributed by atoms with E-state index in [0.29, 0.717) is 12.2 Å². The third-order valence-electron chi connectivity index (χ3n) is 4.99. The number of phenolic OH excluding ortho intramolecular Hbond substituents is 1. The molecule has 0 radical (unpaired) electrons. The number of carbonyl (C=O) groups is 1. The van der Waals surface area contributed by atoms with Gasteiger partial charge in [0.2, 0.25) is 10.0 Å². The SMILES string of the molecule is CN(C)S(=O)(=O)c1cccc(NC(=O)C[NH+]2CCN(c3ccc(O)cc3)CC2)c1. The lowest BCUT2D eigenvalue weighted by molar-refractivity contribution is -0.892. The summed E-state index contributed by atoms with van der Waals surface area (Å²) in [6.45, 7) is 3.62. The zero-order valence-corrected chi connectivity index (χ0v) is 17.4. The van der Waals surface area contributed by atoms with Crippen LogP contribution in [0.25, 0.3) is 0 Å². The molecule has 2 aromatic rings. The fraction of sp³-hybridized carbons (Fsp3) is 0.350. The Morgan fingerprint density at radius 1 is 1.14 bits per heavy atom. The van der Waals surface area contributed by atoms with Gasteiger partial charge in [-0.3, -0.25) is 4.79 Å². The van der Waals surface area contributed by atoms with Crippen molar-refractivity contribution in [3.05, 3.63) is 48.5 Å². The zero-order chi connectivity index (χ0) is 21.0. The van der Waals surface area contributed by atoms with Crippen LogP contribution in [0.15, 0.2) is 53.4 Å². The van der Waals surface area contributed by atoms with Gasteiger partial charge in [-0.2, -0.15) is 0 Å². The molecule has 1 aliphatic rings. The molecule has 3 rings (SSSR count). The second kappa shape index (κ2) is 8.81. The van der Waals surface area contributed by atoms with Crippen LogP contribution >= 0.6 is 0 Å². The Labute approximate surface area is 171 Å². The topological polar surface area (TPSA) is 94.4 Å². The van der Waals surface area contributed by atoms with E-state index in [1.165, 1.54) is 31.1 Å². The van der Waals surface area contributed by atoms with Gasteiger partial charge in [0, 0.05) is 25.5 Å². The maximum absolute atomic E-state index is 12.4. The normalized spacial score (nSPS) is 15.5. The number of anilines is 2. The van der Waals surface area contributed by atoms with E-state index in [-0.39, 0.29) is 16.6 Å². The summed E-state index contributed by atoms with van der Waals surface area (Å²) in [7, 11) is -0.594. The van der Waals surface area contributed by atoms with E-state index in [0.717, 1.165) is 36.2 Å². The molecule has 1 amide bonds. The third-order valence-corrected chi connectivity index (χ3v) is 6.80. The Bertz CT molecular complexity index is 953. The van der Waals surface area contributed by atoms with Gasteiger partial charge in [0.1, 0.15) is 5.75 Å². The van der Waals surface area contributed by atoms with Gasteiger partial charge < -0.3 is 20.2 Å². The number of rotatable bonds is 6. The molecule has 2 aromatic carbocycles. The molecule has 1 saturated heterocycles. The number of amides is 1. The molecule has 0 aromatic heterocycles. The van der Waals surface area contributed by atoms with Gasteiger partial charge in [-0.15, -0.1) is 0 Å². The Morgan fingerprint density at radius 2 is 1.79 bits per heavy atom. The number of phenols is 1. The molecule has 29 heavy (non-hydrogen) atoms. The minimum absolute atomic E-state index is 0.141. The van der Waals surface area contributed by atoms with E-state index in [1.807, 2.05) is 12.1 Å². The Balaban J connectivity index is 1.54. The first-order valence-corrected chi connectivity index (χ1v) is 10.9. The molecule has 0 bridgehead atoms. The molecule has 3 N–H and O–H groups in total. The molecule has 0 atom stereocenters. The summed E-state index contributed by atoms with van der Waals surface area (Å²) in [4.78, 5) is 16.0. The largest absolute Gasteiger partial charge is 0.508 e. The summed E-state index contributed by atoms with van der Waals surface area (Å²) in [5, 5.41) is 12.2. The standard InChI is InChI=1S/C20H26N4O4S/c1-22(2)29(27,28)19-5-3-4-16(14-19)21-20(26)15-23-10-12-24(13-11-23)17-6-8-18(25)9-7-17/h3-9,14,25H,10-13,15H2,1-2H3,(H,21,26)/p+1. The minimum Gasteiger partial charge on any atom is -0.508 e. The van der Waals surface area contributed by atoms with Crippen molar-refractivity contribution in [1.82, 2.24) is 4.31 Å². The van der Waals surface area contributed by atoms with Crippen LogP contribution in [0.5, 0.6) is 5.75 Å². The highest BCUT2D eigenvalue weighted by Gasteiger charge is 2.23. The van der Waals surface area contributed by atoms with Crippen molar-refractivity contribution in [2.24, 2.45) is 0 Å². The molecule has 0 spiro atoms. The van der Waals surface area contributed by atoms with Crippen LogP contribution < -0.4 is 15.1 Å². The number of sulfonamides is 1. The molecule has 0 unspecified atom stereocenters. The summed E-state index contributed by atoms with van der Waals surface area (Å²) >= 11 is 0. The lowest BCUT2D eigenvalue weighted by atomic mass is 10.2. The number of benzene rings is 2. The maximum atomic E-state index is 12.4. The van der Waals surface area contributed by atoms with Crippen molar-refractivity contribution in [3.63, 3.8) is 0 Å². The molecule has 9 heteroatoms. The van der Waals surface area contributed by atoms with Gasteiger partial charge in [-0.05, 0) is 42.5 Å². The van der Waals surface area contributed by atoms with Gasteiger partial charge in [-0.1, -0.05) is 6.07 Å². The molecule has 8 nitrogen and oxygen atoms in total. The number of piperazine rings is 1. The Hall–Kier alpha value is -2.62. The summed E-state index contributed by atoms with van der Waals surface area (Å²) in [6.07, 6.45) is 0. The fourth-order valence-corrected chi connectivity index (χ4v) is 4.25. The zero-order valence-electron chi connectivity index (χ0n) is 16.6. The molecule has 1 heterocycles. The molecular formula is C20H27N4O4S+. The number of hydrogen-bond donors (Lipinski definition) is 3. The van der Waals surface area contributed by atoms with Crippen molar-refractivity contribution in [3.8, 4) is 5.75 Å². The molecule has 0 aliphatic carbocycles. The van der Waals surface area contributed by atoms with E-state index in [2.05, 4.69) is 10.2 Å². The number of nitrogens with zero attached hydrogens (tertiary/aromatic N) is 2. The maximum Gasteiger partial charge on any atom is 0.279 e. The summed E-state index contributed by atoms with van der Waals surface area (Å²) in [6, 6.07) is 13.4. The number of aromatic hydroxyl groups is 1. The van der Waals surface area contributed by atoms with Gasteiger partial charge in [-0.25, -0.2) is 12.7 Å². The van der Waals surface area contributed by atoms with Crippen molar-refractivity contribution >= 4 is 27.3 Å². The number of hydrogen-bond acceptors (Lipinski definition) is 5. The second-order valence-electron chi connectivity index (χ2n) is 7.29. The van der Waals surface area contributed by atoms with Crippen LogP contribution in [0.1, 0.15) is 0 Å². The predicted octanol–water partition coefficient (Wildman–Crippen LogP) is -0.0139. The van der Waals surface area contributed by atoms with Crippen LogP contribution in [0.3, 0.4) is 0 Å². The van der Waals surface area contributed by atoms with E-state index in [9.17, 15) is 18.3 Å². The van der Waals surface area contributed by atoms with Gasteiger partial charge in [0.05, 0.1) is 31.1 Å².